The number of rotatable bonds is 3. The molecule has 1 aromatic heterocycles. The molecule has 0 radical (unpaired) electrons. The predicted molar refractivity (Wildman–Crippen MR) is 78.9 cm³/mol. The van der Waals surface area contributed by atoms with Gasteiger partial charge in [0.05, 0.1) is 5.41 Å². The first kappa shape index (κ1) is 13.6. The summed E-state index contributed by atoms with van der Waals surface area (Å²) in [4.78, 5) is 4.57. The van der Waals surface area contributed by atoms with Crippen LogP contribution in [-0.4, -0.2) is 10.1 Å². The van der Waals surface area contributed by atoms with Gasteiger partial charge in [-0.05, 0) is 25.3 Å². The molecule has 0 aliphatic heterocycles. The Kier molecular flexibility index (Phi) is 3.79. The maximum atomic E-state index is 6.05. The average Bonchev–Trinajstić information content (AvgIpc) is 2.99. The summed E-state index contributed by atoms with van der Waals surface area (Å²) in [5, 5.41) is 4.00. The van der Waals surface area contributed by atoms with Crippen LogP contribution in [-0.2, 0) is 5.41 Å². The van der Waals surface area contributed by atoms with Crippen molar-refractivity contribution in [3.63, 3.8) is 0 Å². The number of hydrogen-bond acceptors (Lipinski definition) is 3. The summed E-state index contributed by atoms with van der Waals surface area (Å²) in [5.41, 5.74) is 1.18. The van der Waals surface area contributed by atoms with Crippen molar-refractivity contribution in [3.8, 4) is 0 Å². The first-order chi connectivity index (χ1) is 9.72. The zero-order valence-corrected chi connectivity index (χ0v) is 12.4. The minimum atomic E-state index is -0.243. The van der Waals surface area contributed by atoms with Crippen LogP contribution >= 0.6 is 11.6 Å². The van der Waals surface area contributed by atoms with E-state index < -0.39 is 0 Å². The van der Waals surface area contributed by atoms with E-state index in [2.05, 4.69) is 34.4 Å². The van der Waals surface area contributed by atoms with E-state index in [1.165, 1.54) is 24.8 Å². The zero-order chi connectivity index (χ0) is 14.0. The van der Waals surface area contributed by atoms with E-state index in [4.69, 9.17) is 16.1 Å². The Morgan fingerprint density at radius 3 is 2.45 bits per heavy atom. The maximum absolute atomic E-state index is 6.05. The van der Waals surface area contributed by atoms with Crippen LogP contribution in [0, 0.1) is 0 Å². The highest BCUT2D eigenvalue weighted by Crippen LogP contribution is 2.43. The van der Waals surface area contributed by atoms with Gasteiger partial charge in [-0.3, -0.25) is 0 Å². The predicted octanol–water partition coefficient (Wildman–Crippen LogP) is 4.62. The number of halogens is 1. The summed E-state index contributed by atoms with van der Waals surface area (Å²) >= 11 is 6.05. The van der Waals surface area contributed by atoms with E-state index in [0.717, 1.165) is 18.7 Å². The molecule has 1 aliphatic rings. The smallest absolute Gasteiger partial charge is 0.244 e. The first-order valence-corrected chi connectivity index (χ1v) is 7.70. The molecule has 1 aromatic carbocycles. The molecule has 1 atom stereocenters. The lowest BCUT2D eigenvalue weighted by Gasteiger charge is -2.34. The van der Waals surface area contributed by atoms with E-state index in [1.54, 1.807) is 0 Å². The van der Waals surface area contributed by atoms with E-state index >= 15 is 0 Å². The van der Waals surface area contributed by atoms with Crippen LogP contribution in [0.3, 0.4) is 0 Å². The van der Waals surface area contributed by atoms with Gasteiger partial charge in [0.2, 0.25) is 5.89 Å². The molecule has 0 N–H and O–H groups in total. The summed E-state index contributed by atoms with van der Waals surface area (Å²) in [6.45, 7) is 1.86. The molecule has 0 amide bonds. The molecule has 2 aromatic rings. The average molecular weight is 291 g/mol. The lowest BCUT2D eigenvalue weighted by Crippen LogP contribution is -2.31. The third kappa shape index (κ3) is 2.35. The molecule has 3 nitrogen and oxygen atoms in total. The fraction of sp³-hybridized carbons (Fsp3) is 0.500. The molecule has 0 spiro atoms. The summed E-state index contributed by atoms with van der Waals surface area (Å²) in [6.07, 6.45) is 5.84. The van der Waals surface area contributed by atoms with Gasteiger partial charge in [0.25, 0.3) is 0 Å². The number of hydrogen-bond donors (Lipinski definition) is 0. The molecule has 0 bridgehead atoms. The van der Waals surface area contributed by atoms with Gasteiger partial charge in [0.15, 0.2) is 5.82 Å². The highest BCUT2D eigenvalue weighted by molar-refractivity contribution is 6.20. The molecule has 1 heterocycles. The maximum Gasteiger partial charge on any atom is 0.244 e. The monoisotopic (exact) mass is 290 g/mol. The van der Waals surface area contributed by atoms with Crippen molar-refractivity contribution in [3.05, 3.63) is 47.6 Å². The van der Waals surface area contributed by atoms with Crippen LogP contribution in [0.4, 0.5) is 0 Å². The molecular weight excluding hydrogens is 272 g/mol. The molecule has 106 valence electrons. The Morgan fingerprint density at radius 2 is 1.85 bits per heavy atom. The van der Waals surface area contributed by atoms with Gasteiger partial charge in [-0.25, -0.2) is 0 Å². The van der Waals surface area contributed by atoms with Gasteiger partial charge < -0.3 is 4.52 Å². The van der Waals surface area contributed by atoms with Crippen LogP contribution in [0.25, 0.3) is 0 Å². The summed E-state index contributed by atoms with van der Waals surface area (Å²) in [7, 11) is 0. The highest BCUT2D eigenvalue weighted by atomic mass is 35.5. The summed E-state index contributed by atoms with van der Waals surface area (Å²) in [5.74, 6) is 1.31. The van der Waals surface area contributed by atoms with Gasteiger partial charge in [-0.1, -0.05) is 54.8 Å². The third-order valence-corrected chi connectivity index (χ3v) is 4.43. The van der Waals surface area contributed by atoms with Gasteiger partial charge >= 0.3 is 0 Å². The molecule has 1 unspecified atom stereocenters. The molecule has 20 heavy (non-hydrogen) atoms. The van der Waals surface area contributed by atoms with Gasteiger partial charge in [-0.15, -0.1) is 11.6 Å². The summed E-state index contributed by atoms with van der Waals surface area (Å²) in [6, 6.07) is 10.5. The van der Waals surface area contributed by atoms with Crippen molar-refractivity contribution in [1.29, 1.82) is 0 Å². The van der Waals surface area contributed by atoms with Crippen molar-refractivity contribution >= 4 is 11.6 Å². The normalized spacial score (nSPS) is 19.7. The van der Waals surface area contributed by atoms with E-state index in [9.17, 15) is 0 Å². The number of aromatic nitrogens is 2. The van der Waals surface area contributed by atoms with E-state index in [0.29, 0.717) is 5.89 Å². The SMILES string of the molecule is CC(Cl)c1nc(C2(c3ccccc3)CCCCC2)no1. The second-order valence-corrected chi connectivity index (χ2v) is 6.24. The standard InChI is InChI=1S/C16H19ClN2O/c1-12(17)14-18-15(19-20-14)16(10-6-3-7-11-16)13-8-4-2-5-9-13/h2,4-5,8-9,12H,3,6-7,10-11H2,1H3. The zero-order valence-electron chi connectivity index (χ0n) is 11.7. The first-order valence-electron chi connectivity index (χ1n) is 7.26. The van der Waals surface area contributed by atoms with Crippen LogP contribution < -0.4 is 0 Å². The van der Waals surface area contributed by atoms with E-state index in [1.807, 2.05) is 13.0 Å². The fourth-order valence-electron chi connectivity index (χ4n) is 3.15. The molecule has 0 saturated heterocycles. The Hall–Kier alpha value is -1.35. The van der Waals surface area contributed by atoms with Crippen molar-refractivity contribution in [2.75, 3.05) is 0 Å². The van der Waals surface area contributed by atoms with Crippen LogP contribution in [0.2, 0.25) is 0 Å². The van der Waals surface area contributed by atoms with Crippen molar-refractivity contribution < 1.29 is 4.52 Å². The Balaban J connectivity index is 2.05. The van der Waals surface area contributed by atoms with Crippen molar-refractivity contribution in [1.82, 2.24) is 10.1 Å². The highest BCUT2D eigenvalue weighted by Gasteiger charge is 2.40. The van der Waals surface area contributed by atoms with Gasteiger partial charge in [0.1, 0.15) is 5.38 Å². The molecule has 3 rings (SSSR count). The lowest BCUT2D eigenvalue weighted by atomic mass is 9.69. The molecule has 1 aliphatic carbocycles. The lowest BCUT2D eigenvalue weighted by molar-refractivity contribution is 0.308. The van der Waals surface area contributed by atoms with Crippen LogP contribution in [0.15, 0.2) is 34.9 Å². The van der Waals surface area contributed by atoms with Crippen molar-refractivity contribution in [2.45, 2.75) is 49.8 Å². The minimum absolute atomic E-state index is 0.104. The van der Waals surface area contributed by atoms with Gasteiger partial charge in [0, 0.05) is 0 Å². The molecular formula is C16H19ClN2O. The Bertz CT molecular complexity index is 559. The summed E-state index contributed by atoms with van der Waals surface area (Å²) < 4.78 is 5.33. The number of benzene rings is 1. The second kappa shape index (κ2) is 5.57. The largest absolute Gasteiger partial charge is 0.338 e. The topological polar surface area (TPSA) is 38.9 Å². The number of nitrogens with zero attached hydrogens (tertiary/aromatic N) is 2. The Morgan fingerprint density at radius 1 is 1.15 bits per heavy atom. The quantitative estimate of drug-likeness (QED) is 0.774. The number of alkyl halides is 1. The minimum Gasteiger partial charge on any atom is -0.338 e. The Labute approximate surface area is 124 Å². The van der Waals surface area contributed by atoms with E-state index in [-0.39, 0.29) is 10.8 Å². The van der Waals surface area contributed by atoms with Gasteiger partial charge in [-0.2, -0.15) is 4.98 Å². The van der Waals surface area contributed by atoms with Crippen molar-refractivity contribution in [2.24, 2.45) is 0 Å². The molecule has 4 heteroatoms. The third-order valence-electron chi connectivity index (χ3n) is 4.24. The molecule has 1 saturated carbocycles. The second-order valence-electron chi connectivity index (χ2n) is 5.58. The van der Waals surface area contributed by atoms with Crippen LogP contribution in [0.1, 0.15) is 61.7 Å². The molecule has 1 fully saturated rings. The van der Waals surface area contributed by atoms with Crippen LogP contribution in [0.5, 0.6) is 0 Å². The fourth-order valence-corrected chi connectivity index (χ4v) is 3.23.